The van der Waals surface area contributed by atoms with E-state index in [2.05, 4.69) is 29.1 Å². The summed E-state index contributed by atoms with van der Waals surface area (Å²) in [7, 11) is 2.25. The summed E-state index contributed by atoms with van der Waals surface area (Å²) in [5.41, 5.74) is 0. The molecule has 17 heavy (non-hydrogen) atoms. The Hall–Kier alpha value is -0.120. The molecule has 0 aromatic carbocycles. The van der Waals surface area contributed by atoms with Crippen LogP contribution < -0.4 is 5.32 Å². The lowest BCUT2D eigenvalue weighted by Crippen LogP contribution is -2.44. The van der Waals surface area contributed by atoms with Gasteiger partial charge in [-0.1, -0.05) is 6.92 Å². The summed E-state index contributed by atoms with van der Waals surface area (Å²) in [6, 6.07) is 0.762. The molecule has 1 saturated heterocycles. The van der Waals surface area contributed by atoms with Gasteiger partial charge in [0.25, 0.3) is 0 Å². The number of nitrogens with one attached hydrogen (secondary N) is 1. The van der Waals surface area contributed by atoms with Crippen LogP contribution in [0.2, 0.25) is 0 Å². The molecule has 1 unspecified atom stereocenters. The average Bonchev–Trinajstić information content (AvgIpc) is 3.13. The Labute approximate surface area is 107 Å². The van der Waals surface area contributed by atoms with Gasteiger partial charge in [-0.15, -0.1) is 0 Å². The molecule has 1 aliphatic carbocycles. The molecule has 0 bridgehead atoms. The van der Waals surface area contributed by atoms with Crippen LogP contribution in [0.15, 0.2) is 0 Å². The Morgan fingerprint density at radius 1 is 1.18 bits per heavy atom. The Balaban J connectivity index is 1.75. The van der Waals surface area contributed by atoms with Gasteiger partial charge in [0.2, 0.25) is 0 Å². The maximum absolute atomic E-state index is 3.75. The Morgan fingerprint density at radius 2 is 2.00 bits per heavy atom. The highest BCUT2D eigenvalue weighted by Gasteiger charge is 2.31. The summed E-state index contributed by atoms with van der Waals surface area (Å²) in [5.74, 6) is 0.975. The third-order valence-electron chi connectivity index (χ3n) is 4.11. The number of likely N-dealkylation sites (N-methyl/N-ethyl adjacent to an activating group) is 1. The van der Waals surface area contributed by atoms with Crippen LogP contribution in [0.5, 0.6) is 0 Å². The smallest absolute Gasteiger partial charge is 0.0223 e. The number of hydrogen-bond acceptors (Lipinski definition) is 3. The van der Waals surface area contributed by atoms with Crippen molar-refractivity contribution in [2.75, 3.05) is 46.3 Å². The Morgan fingerprint density at radius 3 is 2.71 bits per heavy atom. The molecular weight excluding hydrogens is 210 g/mol. The van der Waals surface area contributed by atoms with Gasteiger partial charge in [0.15, 0.2) is 0 Å². The highest BCUT2D eigenvalue weighted by molar-refractivity contribution is 4.89. The second-order valence-corrected chi connectivity index (χ2v) is 5.86. The fourth-order valence-corrected chi connectivity index (χ4v) is 2.77. The second-order valence-electron chi connectivity index (χ2n) is 5.86. The number of nitrogens with zero attached hydrogens (tertiary/aromatic N) is 2. The lowest BCUT2D eigenvalue weighted by atomic mass is 10.1. The van der Waals surface area contributed by atoms with Crippen LogP contribution in [-0.2, 0) is 0 Å². The molecule has 0 amide bonds. The molecule has 3 nitrogen and oxygen atoms in total. The minimum Gasteiger partial charge on any atom is -0.312 e. The van der Waals surface area contributed by atoms with Crippen molar-refractivity contribution in [2.24, 2.45) is 5.92 Å². The van der Waals surface area contributed by atoms with E-state index in [1.165, 1.54) is 65.0 Å². The van der Waals surface area contributed by atoms with Crippen LogP contribution in [0.1, 0.15) is 32.6 Å². The van der Waals surface area contributed by atoms with Crippen LogP contribution in [-0.4, -0.2) is 62.2 Å². The quantitative estimate of drug-likeness (QED) is 0.756. The van der Waals surface area contributed by atoms with Gasteiger partial charge in [0, 0.05) is 25.7 Å². The fraction of sp³-hybridized carbons (Fsp3) is 1.00. The van der Waals surface area contributed by atoms with E-state index < -0.39 is 0 Å². The van der Waals surface area contributed by atoms with Gasteiger partial charge in [-0.05, 0) is 58.3 Å². The van der Waals surface area contributed by atoms with Gasteiger partial charge in [0.1, 0.15) is 0 Å². The summed E-state index contributed by atoms with van der Waals surface area (Å²) in [6.07, 6.45) is 5.50. The van der Waals surface area contributed by atoms with Crippen molar-refractivity contribution < 1.29 is 0 Å². The van der Waals surface area contributed by atoms with Crippen molar-refractivity contribution in [3.63, 3.8) is 0 Å². The first-order valence-corrected chi connectivity index (χ1v) is 7.44. The summed E-state index contributed by atoms with van der Waals surface area (Å²) in [6.45, 7) is 9.79. The van der Waals surface area contributed by atoms with Gasteiger partial charge < -0.3 is 15.1 Å². The van der Waals surface area contributed by atoms with E-state index in [1.807, 2.05) is 0 Å². The third kappa shape index (κ3) is 4.57. The second kappa shape index (κ2) is 6.72. The summed E-state index contributed by atoms with van der Waals surface area (Å²) < 4.78 is 0. The summed E-state index contributed by atoms with van der Waals surface area (Å²) in [4.78, 5) is 5.14. The van der Waals surface area contributed by atoms with Crippen LogP contribution in [0.25, 0.3) is 0 Å². The van der Waals surface area contributed by atoms with Crippen LogP contribution >= 0.6 is 0 Å². The monoisotopic (exact) mass is 239 g/mol. The van der Waals surface area contributed by atoms with E-state index in [-0.39, 0.29) is 0 Å². The van der Waals surface area contributed by atoms with E-state index in [0.29, 0.717) is 0 Å². The maximum Gasteiger partial charge on any atom is 0.0223 e. The SMILES string of the molecule is CCCNC(CN1CCCN(C)CC1)C1CC1. The van der Waals surface area contributed by atoms with Crippen molar-refractivity contribution in [2.45, 2.75) is 38.6 Å². The van der Waals surface area contributed by atoms with E-state index in [9.17, 15) is 0 Å². The largest absolute Gasteiger partial charge is 0.312 e. The van der Waals surface area contributed by atoms with E-state index >= 15 is 0 Å². The molecule has 0 spiro atoms. The minimum atomic E-state index is 0.762. The first-order chi connectivity index (χ1) is 8.29. The Bertz CT molecular complexity index is 216. The van der Waals surface area contributed by atoms with Crippen molar-refractivity contribution >= 4 is 0 Å². The average molecular weight is 239 g/mol. The molecule has 0 radical (unpaired) electrons. The molecule has 1 atom stereocenters. The summed E-state index contributed by atoms with van der Waals surface area (Å²) in [5, 5.41) is 3.75. The molecule has 1 saturated carbocycles. The van der Waals surface area contributed by atoms with Crippen LogP contribution in [0, 0.1) is 5.92 Å². The molecule has 0 aromatic rings. The topological polar surface area (TPSA) is 18.5 Å². The van der Waals surface area contributed by atoms with Gasteiger partial charge in [-0.3, -0.25) is 0 Å². The standard InChI is InChI=1S/C14H29N3/c1-3-7-15-14(13-5-6-13)12-17-9-4-8-16(2)10-11-17/h13-15H,3-12H2,1-2H3. The van der Waals surface area contributed by atoms with E-state index in [0.717, 1.165) is 12.0 Å². The van der Waals surface area contributed by atoms with Crippen molar-refractivity contribution in [3.05, 3.63) is 0 Å². The molecule has 0 aromatic heterocycles. The molecule has 100 valence electrons. The predicted octanol–water partition coefficient (Wildman–Crippen LogP) is 1.40. The van der Waals surface area contributed by atoms with Crippen LogP contribution in [0.3, 0.4) is 0 Å². The molecule has 2 rings (SSSR count). The number of hydrogen-bond donors (Lipinski definition) is 1. The molecule has 1 aliphatic heterocycles. The van der Waals surface area contributed by atoms with Crippen LogP contribution in [0.4, 0.5) is 0 Å². The molecular formula is C14H29N3. The van der Waals surface area contributed by atoms with Crippen molar-refractivity contribution in [1.29, 1.82) is 0 Å². The predicted molar refractivity (Wildman–Crippen MR) is 73.4 cm³/mol. The van der Waals surface area contributed by atoms with Gasteiger partial charge in [-0.25, -0.2) is 0 Å². The fourth-order valence-electron chi connectivity index (χ4n) is 2.77. The molecule has 2 fully saturated rings. The minimum absolute atomic E-state index is 0.762. The molecule has 2 aliphatic rings. The summed E-state index contributed by atoms with van der Waals surface area (Å²) >= 11 is 0. The van der Waals surface area contributed by atoms with Crippen molar-refractivity contribution in [3.8, 4) is 0 Å². The van der Waals surface area contributed by atoms with Gasteiger partial charge >= 0.3 is 0 Å². The first-order valence-electron chi connectivity index (χ1n) is 7.44. The van der Waals surface area contributed by atoms with Crippen molar-refractivity contribution in [1.82, 2.24) is 15.1 Å². The zero-order valence-corrected chi connectivity index (χ0v) is 11.6. The lowest BCUT2D eigenvalue weighted by Gasteiger charge is -2.27. The highest BCUT2D eigenvalue weighted by atomic mass is 15.2. The van der Waals surface area contributed by atoms with Gasteiger partial charge in [-0.2, -0.15) is 0 Å². The molecule has 1 heterocycles. The van der Waals surface area contributed by atoms with E-state index in [4.69, 9.17) is 0 Å². The molecule has 3 heteroatoms. The first kappa shape index (κ1) is 13.3. The van der Waals surface area contributed by atoms with E-state index in [1.54, 1.807) is 0 Å². The zero-order valence-electron chi connectivity index (χ0n) is 11.6. The maximum atomic E-state index is 3.75. The number of rotatable bonds is 6. The normalized spacial score (nSPS) is 25.8. The third-order valence-corrected chi connectivity index (χ3v) is 4.11. The lowest BCUT2D eigenvalue weighted by molar-refractivity contribution is 0.235. The zero-order chi connectivity index (χ0) is 12.1. The Kier molecular flexibility index (Phi) is 5.26. The molecule has 1 N–H and O–H groups in total. The van der Waals surface area contributed by atoms with Gasteiger partial charge in [0.05, 0.1) is 0 Å². The highest BCUT2D eigenvalue weighted by Crippen LogP contribution is 2.33.